The summed E-state index contributed by atoms with van der Waals surface area (Å²) in [6, 6.07) is 9.93. The predicted octanol–water partition coefficient (Wildman–Crippen LogP) is 2.53. The van der Waals surface area contributed by atoms with Crippen LogP contribution in [0.25, 0.3) is 6.08 Å². The van der Waals surface area contributed by atoms with E-state index in [0.29, 0.717) is 5.56 Å². The maximum atomic E-state index is 12.6. The van der Waals surface area contributed by atoms with Crippen molar-refractivity contribution >= 4 is 35.3 Å². The van der Waals surface area contributed by atoms with Crippen molar-refractivity contribution in [2.75, 3.05) is 19.0 Å². The van der Waals surface area contributed by atoms with Gasteiger partial charge in [-0.15, -0.1) is 0 Å². The average Bonchev–Trinajstić information content (AvgIpc) is 3.03. The highest BCUT2D eigenvalue weighted by molar-refractivity contribution is 6.42. The Kier molecular flexibility index (Phi) is 3.37. The van der Waals surface area contributed by atoms with Gasteiger partial charge in [0.25, 0.3) is 0 Å². The van der Waals surface area contributed by atoms with Gasteiger partial charge in [0.2, 0.25) is 0 Å². The van der Waals surface area contributed by atoms with E-state index in [4.69, 9.17) is 0 Å². The van der Waals surface area contributed by atoms with Gasteiger partial charge < -0.3 is 9.64 Å². The van der Waals surface area contributed by atoms with Crippen LogP contribution in [-0.2, 0) is 4.74 Å². The van der Waals surface area contributed by atoms with Crippen LogP contribution >= 0.6 is 0 Å². The number of esters is 2. The molecule has 4 rings (SSSR count). The number of hydrogen-bond donors (Lipinski definition) is 0. The SMILES string of the molecule is CN(C)c1ccc(C=C2C(=O)c3cc4c(cc3C2=O)C(=O)OC4=O)cc1. The predicted molar refractivity (Wildman–Crippen MR) is 93.6 cm³/mol. The fraction of sp³-hybridized carbons (Fsp3) is 0.100. The van der Waals surface area contributed by atoms with Crippen LogP contribution in [0.3, 0.4) is 0 Å². The Hall–Kier alpha value is -3.54. The molecule has 26 heavy (non-hydrogen) atoms. The number of carbonyl (C=O) groups is 4. The summed E-state index contributed by atoms with van der Waals surface area (Å²) in [7, 11) is 3.83. The number of Topliss-reactive ketones (excluding diaryl/α,β-unsaturated/α-hetero) is 2. The first-order valence-corrected chi connectivity index (χ1v) is 7.90. The molecular weight excluding hydrogens is 334 g/mol. The van der Waals surface area contributed by atoms with E-state index >= 15 is 0 Å². The molecule has 0 fully saturated rings. The second-order valence-electron chi connectivity index (χ2n) is 6.32. The molecule has 2 aromatic carbocycles. The maximum absolute atomic E-state index is 12.6. The van der Waals surface area contributed by atoms with Gasteiger partial charge in [0.15, 0.2) is 11.6 Å². The highest BCUT2D eigenvalue weighted by atomic mass is 16.6. The van der Waals surface area contributed by atoms with E-state index < -0.39 is 23.5 Å². The summed E-state index contributed by atoms with van der Waals surface area (Å²) in [6.07, 6.45) is 1.52. The monoisotopic (exact) mass is 347 g/mol. The molecule has 1 aliphatic carbocycles. The molecular formula is C20H13NO5. The zero-order chi connectivity index (χ0) is 18.6. The van der Waals surface area contributed by atoms with Crippen molar-refractivity contribution in [3.63, 3.8) is 0 Å². The number of benzene rings is 2. The van der Waals surface area contributed by atoms with Crippen LogP contribution in [0.2, 0.25) is 0 Å². The van der Waals surface area contributed by atoms with Crippen LogP contribution in [0.5, 0.6) is 0 Å². The first kappa shape index (κ1) is 16.0. The van der Waals surface area contributed by atoms with E-state index in [-0.39, 0.29) is 27.8 Å². The van der Waals surface area contributed by atoms with Crippen molar-refractivity contribution in [1.29, 1.82) is 0 Å². The van der Waals surface area contributed by atoms with Gasteiger partial charge in [0.1, 0.15) is 0 Å². The first-order chi connectivity index (χ1) is 12.4. The molecule has 0 bridgehead atoms. The topological polar surface area (TPSA) is 80.8 Å². The van der Waals surface area contributed by atoms with Crippen molar-refractivity contribution in [2.24, 2.45) is 0 Å². The van der Waals surface area contributed by atoms with E-state index in [1.165, 1.54) is 18.2 Å². The minimum atomic E-state index is -0.801. The molecule has 6 nitrogen and oxygen atoms in total. The molecule has 0 spiro atoms. The summed E-state index contributed by atoms with van der Waals surface area (Å²) in [4.78, 5) is 50.6. The molecule has 0 saturated heterocycles. The summed E-state index contributed by atoms with van der Waals surface area (Å²) in [5.41, 5.74) is 2.00. The van der Waals surface area contributed by atoms with Crippen molar-refractivity contribution in [1.82, 2.24) is 0 Å². The van der Waals surface area contributed by atoms with Crippen molar-refractivity contribution < 1.29 is 23.9 Å². The molecule has 2 aliphatic rings. The number of nitrogens with zero attached hydrogens (tertiary/aromatic N) is 1. The number of hydrogen-bond acceptors (Lipinski definition) is 6. The van der Waals surface area contributed by atoms with Crippen LogP contribution in [0.15, 0.2) is 42.0 Å². The van der Waals surface area contributed by atoms with Crippen LogP contribution in [-0.4, -0.2) is 37.6 Å². The number of carbonyl (C=O) groups excluding carboxylic acids is 4. The largest absolute Gasteiger partial charge is 0.386 e. The Bertz CT molecular complexity index is 990. The molecule has 0 atom stereocenters. The van der Waals surface area contributed by atoms with Gasteiger partial charge in [-0.1, -0.05) is 12.1 Å². The normalized spacial score (nSPS) is 15.1. The van der Waals surface area contributed by atoms with Gasteiger partial charge in [0, 0.05) is 30.9 Å². The van der Waals surface area contributed by atoms with E-state index in [1.807, 2.05) is 43.3 Å². The van der Waals surface area contributed by atoms with Gasteiger partial charge in [-0.3, -0.25) is 9.59 Å². The molecule has 1 heterocycles. The standard InChI is InChI=1S/C20H13NO5/c1-21(2)11-5-3-10(4-6-11)7-16-17(22)12-8-14-15(9-13(12)18(16)23)20(25)26-19(14)24/h3-9H,1-2H3. The van der Waals surface area contributed by atoms with Gasteiger partial charge in [-0.25, -0.2) is 9.59 Å². The van der Waals surface area contributed by atoms with Crippen molar-refractivity contribution in [3.8, 4) is 0 Å². The molecule has 0 radical (unpaired) electrons. The Morgan fingerprint density at radius 3 is 1.73 bits per heavy atom. The zero-order valence-electron chi connectivity index (χ0n) is 14.0. The highest BCUT2D eigenvalue weighted by Gasteiger charge is 2.39. The number of anilines is 1. The van der Waals surface area contributed by atoms with Gasteiger partial charge in [0.05, 0.1) is 16.7 Å². The minimum absolute atomic E-state index is 0.0158. The number of ether oxygens (including phenoxy) is 1. The second kappa shape index (κ2) is 5.49. The van der Waals surface area contributed by atoms with Crippen LogP contribution in [0.4, 0.5) is 5.69 Å². The van der Waals surface area contributed by atoms with E-state index in [9.17, 15) is 19.2 Å². The molecule has 2 aromatic rings. The lowest BCUT2D eigenvalue weighted by Crippen LogP contribution is -2.08. The molecule has 0 saturated carbocycles. The second-order valence-corrected chi connectivity index (χ2v) is 6.32. The number of cyclic esters (lactones) is 2. The smallest absolute Gasteiger partial charge is 0.346 e. The molecule has 1 aliphatic heterocycles. The number of fused-ring (bicyclic) bond motifs is 2. The molecule has 128 valence electrons. The summed E-state index contributed by atoms with van der Waals surface area (Å²) < 4.78 is 4.51. The highest BCUT2D eigenvalue weighted by Crippen LogP contribution is 2.33. The van der Waals surface area contributed by atoms with Gasteiger partial charge in [-0.05, 0) is 35.9 Å². The van der Waals surface area contributed by atoms with E-state index in [2.05, 4.69) is 4.74 Å². The Balaban J connectivity index is 1.76. The van der Waals surface area contributed by atoms with Crippen molar-refractivity contribution in [3.05, 3.63) is 69.8 Å². The van der Waals surface area contributed by atoms with Crippen LogP contribution in [0.1, 0.15) is 47.0 Å². The molecule has 0 aromatic heterocycles. The summed E-state index contributed by atoms with van der Waals surface area (Å²) >= 11 is 0. The Morgan fingerprint density at radius 1 is 0.769 bits per heavy atom. The quantitative estimate of drug-likeness (QED) is 0.359. The number of rotatable bonds is 2. The number of ketones is 2. The van der Waals surface area contributed by atoms with E-state index in [1.54, 1.807) is 0 Å². The van der Waals surface area contributed by atoms with Crippen LogP contribution in [0, 0.1) is 0 Å². The molecule has 0 amide bonds. The molecule has 0 unspecified atom stereocenters. The third kappa shape index (κ3) is 2.27. The fourth-order valence-corrected chi connectivity index (χ4v) is 3.07. The Morgan fingerprint density at radius 2 is 1.27 bits per heavy atom. The van der Waals surface area contributed by atoms with E-state index in [0.717, 1.165) is 5.69 Å². The lowest BCUT2D eigenvalue weighted by molar-refractivity contribution is 0.0443. The summed E-state index contributed by atoms with van der Waals surface area (Å²) in [5, 5.41) is 0. The van der Waals surface area contributed by atoms with Crippen LogP contribution < -0.4 is 4.90 Å². The lowest BCUT2D eigenvalue weighted by Gasteiger charge is -2.11. The fourth-order valence-electron chi connectivity index (χ4n) is 3.07. The zero-order valence-corrected chi connectivity index (χ0v) is 14.0. The Labute approximate surface area is 148 Å². The van der Waals surface area contributed by atoms with Crippen molar-refractivity contribution in [2.45, 2.75) is 0 Å². The molecule has 6 heteroatoms. The lowest BCUT2D eigenvalue weighted by atomic mass is 10.0. The average molecular weight is 347 g/mol. The van der Waals surface area contributed by atoms with Gasteiger partial charge in [-0.2, -0.15) is 0 Å². The minimum Gasteiger partial charge on any atom is -0.386 e. The molecule has 0 N–H and O–H groups in total. The third-order valence-electron chi connectivity index (χ3n) is 4.48. The summed E-state index contributed by atoms with van der Waals surface area (Å²) in [6.45, 7) is 0. The third-order valence-corrected chi connectivity index (χ3v) is 4.48. The number of allylic oxidation sites excluding steroid dienone is 1. The summed E-state index contributed by atoms with van der Waals surface area (Å²) in [5.74, 6) is -2.53. The maximum Gasteiger partial charge on any atom is 0.346 e. The van der Waals surface area contributed by atoms with Gasteiger partial charge >= 0.3 is 11.9 Å². The first-order valence-electron chi connectivity index (χ1n) is 7.90.